The Balaban J connectivity index is 0.00000180. The number of benzene rings is 1. The van der Waals surface area contributed by atoms with Crippen molar-refractivity contribution in [2.75, 3.05) is 23.3 Å². The van der Waals surface area contributed by atoms with Crippen LogP contribution < -0.4 is 16.0 Å². The molecule has 2 rings (SSSR count). The molecule has 1 atom stereocenters. The van der Waals surface area contributed by atoms with Gasteiger partial charge in [-0.3, -0.25) is 4.79 Å². The number of amides is 1. The lowest BCUT2D eigenvalue weighted by molar-refractivity contribution is -0.116. The molecule has 1 heterocycles. The van der Waals surface area contributed by atoms with Crippen molar-refractivity contribution in [2.45, 2.75) is 32.2 Å². The van der Waals surface area contributed by atoms with Crippen LogP contribution in [-0.4, -0.2) is 25.0 Å². The third kappa shape index (κ3) is 5.57. The molecule has 0 aromatic heterocycles. The molecule has 1 aliphatic heterocycles. The van der Waals surface area contributed by atoms with E-state index < -0.39 is 0 Å². The van der Waals surface area contributed by atoms with E-state index >= 15 is 0 Å². The summed E-state index contributed by atoms with van der Waals surface area (Å²) in [5.41, 5.74) is 7.65. The van der Waals surface area contributed by atoms with E-state index in [1.807, 2.05) is 25.1 Å². The van der Waals surface area contributed by atoms with Crippen molar-refractivity contribution in [1.29, 1.82) is 0 Å². The van der Waals surface area contributed by atoms with E-state index in [2.05, 4.69) is 16.3 Å². The lowest BCUT2D eigenvalue weighted by Gasteiger charge is -2.18. The van der Waals surface area contributed by atoms with Crippen molar-refractivity contribution >= 4 is 42.1 Å². The van der Waals surface area contributed by atoms with Crippen LogP contribution in [0.2, 0.25) is 0 Å². The fourth-order valence-electron chi connectivity index (χ4n) is 2.26. The van der Waals surface area contributed by atoms with Crippen LogP contribution >= 0.6 is 24.8 Å². The summed E-state index contributed by atoms with van der Waals surface area (Å²) in [6, 6.07) is 7.91. The van der Waals surface area contributed by atoms with Gasteiger partial charge in [-0.05, 0) is 38.0 Å². The molecule has 0 spiro atoms. The number of carbonyl (C=O) groups excluding carboxylic acids is 1. The highest BCUT2D eigenvalue weighted by Crippen LogP contribution is 2.23. The fourth-order valence-corrected chi connectivity index (χ4v) is 2.26. The number of nitrogens with one attached hydrogen (secondary N) is 1. The van der Waals surface area contributed by atoms with Gasteiger partial charge in [0.25, 0.3) is 0 Å². The SMILES string of the molecule is CC(N)CC(=O)Nc1cccc(N2CCCC2)c1.Cl.Cl. The highest BCUT2D eigenvalue weighted by Gasteiger charge is 2.13. The Morgan fingerprint density at radius 3 is 2.60 bits per heavy atom. The van der Waals surface area contributed by atoms with Crippen LogP contribution in [0.15, 0.2) is 24.3 Å². The first-order valence-corrected chi connectivity index (χ1v) is 6.55. The zero-order chi connectivity index (χ0) is 13.0. The van der Waals surface area contributed by atoms with Crippen molar-refractivity contribution in [1.82, 2.24) is 0 Å². The van der Waals surface area contributed by atoms with Gasteiger partial charge in [-0.2, -0.15) is 0 Å². The molecule has 1 fully saturated rings. The van der Waals surface area contributed by atoms with Crippen LogP contribution in [0.4, 0.5) is 11.4 Å². The van der Waals surface area contributed by atoms with Crippen LogP contribution in [0.1, 0.15) is 26.2 Å². The van der Waals surface area contributed by atoms with E-state index in [-0.39, 0.29) is 36.8 Å². The molecule has 20 heavy (non-hydrogen) atoms. The maximum atomic E-state index is 11.7. The maximum absolute atomic E-state index is 11.7. The zero-order valence-electron chi connectivity index (χ0n) is 11.7. The van der Waals surface area contributed by atoms with E-state index in [1.54, 1.807) is 0 Å². The molecule has 0 radical (unpaired) electrons. The second-order valence-electron chi connectivity index (χ2n) is 4.97. The number of anilines is 2. The van der Waals surface area contributed by atoms with Gasteiger partial charge < -0.3 is 16.0 Å². The first-order valence-electron chi connectivity index (χ1n) is 6.55. The second-order valence-corrected chi connectivity index (χ2v) is 4.97. The summed E-state index contributed by atoms with van der Waals surface area (Å²) >= 11 is 0. The Morgan fingerprint density at radius 1 is 1.35 bits per heavy atom. The Kier molecular flexibility index (Phi) is 8.62. The summed E-state index contributed by atoms with van der Waals surface area (Å²) in [4.78, 5) is 14.0. The molecule has 0 aliphatic carbocycles. The molecule has 1 aromatic carbocycles. The highest BCUT2D eigenvalue weighted by atomic mass is 35.5. The summed E-state index contributed by atoms with van der Waals surface area (Å²) in [5, 5.41) is 2.89. The maximum Gasteiger partial charge on any atom is 0.225 e. The molecular formula is C14H23Cl2N3O. The van der Waals surface area contributed by atoms with E-state index in [0.717, 1.165) is 18.8 Å². The van der Waals surface area contributed by atoms with Crippen LogP contribution in [0.3, 0.4) is 0 Å². The van der Waals surface area contributed by atoms with Crippen LogP contribution in [-0.2, 0) is 4.79 Å². The monoisotopic (exact) mass is 319 g/mol. The smallest absolute Gasteiger partial charge is 0.225 e. The number of rotatable bonds is 4. The number of carbonyl (C=O) groups is 1. The molecule has 1 saturated heterocycles. The van der Waals surface area contributed by atoms with Gasteiger partial charge >= 0.3 is 0 Å². The van der Waals surface area contributed by atoms with Gasteiger partial charge in [-0.15, -0.1) is 24.8 Å². The van der Waals surface area contributed by atoms with Gasteiger partial charge in [0.1, 0.15) is 0 Å². The summed E-state index contributed by atoms with van der Waals surface area (Å²) < 4.78 is 0. The Morgan fingerprint density at radius 2 is 2.00 bits per heavy atom. The highest BCUT2D eigenvalue weighted by molar-refractivity contribution is 5.91. The van der Waals surface area contributed by atoms with Crippen LogP contribution in [0.5, 0.6) is 0 Å². The predicted molar refractivity (Wildman–Crippen MR) is 89.3 cm³/mol. The molecule has 1 amide bonds. The molecule has 4 nitrogen and oxygen atoms in total. The van der Waals surface area contributed by atoms with E-state index in [0.29, 0.717) is 6.42 Å². The summed E-state index contributed by atoms with van der Waals surface area (Å²) in [6.45, 7) is 4.05. The summed E-state index contributed by atoms with van der Waals surface area (Å²) in [5.74, 6) is -0.0245. The molecule has 114 valence electrons. The van der Waals surface area contributed by atoms with E-state index in [9.17, 15) is 4.79 Å². The van der Waals surface area contributed by atoms with Gasteiger partial charge in [0.2, 0.25) is 5.91 Å². The number of hydrogen-bond acceptors (Lipinski definition) is 3. The Labute approximate surface area is 132 Å². The van der Waals surface area contributed by atoms with Crippen molar-refractivity contribution in [3.8, 4) is 0 Å². The number of nitrogens with zero attached hydrogens (tertiary/aromatic N) is 1. The van der Waals surface area contributed by atoms with Crippen LogP contribution in [0, 0.1) is 0 Å². The molecule has 0 bridgehead atoms. The summed E-state index contributed by atoms with van der Waals surface area (Å²) in [6.07, 6.45) is 2.86. The van der Waals surface area contributed by atoms with Crippen LogP contribution in [0.25, 0.3) is 0 Å². The zero-order valence-corrected chi connectivity index (χ0v) is 13.3. The molecule has 3 N–H and O–H groups in total. The predicted octanol–water partition coefficient (Wildman–Crippen LogP) is 2.81. The number of hydrogen-bond donors (Lipinski definition) is 2. The molecule has 6 heteroatoms. The van der Waals surface area contributed by atoms with Gasteiger partial charge in [0, 0.05) is 36.9 Å². The van der Waals surface area contributed by atoms with E-state index in [4.69, 9.17) is 5.73 Å². The van der Waals surface area contributed by atoms with Crippen molar-refractivity contribution in [3.63, 3.8) is 0 Å². The van der Waals surface area contributed by atoms with Crippen molar-refractivity contribution in [3.05, 3.63) is 24.3 Å². The fraction of sp³-hybridized carbons (Fsp3) is 0.500. The first-order chi connectivity index (χ1) is 8.65. The Hall–Kier alpha value is -0.970. The van der Waals surface area contributed by atoms with E-state index in [1.165, 1.54) is 18.5 Å². The minimum atomic E-state index is -0.105. The molecule has 1 aromatic rings. The van der Waals surface area contributed by atoms with Crippen molar-refractivity contribution < 1.29 is 4.79 Å². The molecule has 1 unspecified atom stereocenters. The standard InChI is InChI=1S/C14H21N3O.2ClH/c1-11(15)9-14(18)16-12-5-4-6-13(10-12)17-7-2-3-8-17;;/h4-6,10-11H,2-3,7-9,15H2,1H3,(H,16,18);2*1H. The number of nitrogens with two attached hydrogens (primary N) is 1. The minimum Gasteiger partial charge on any atom is -0.371 e. The average Bonchev–Trinajstić information content (AvgIpc) is 2.81. The first kappa shape index (κ1) is 19.0. The summed E-state index contributed by atoms with van der Waals surface area (Å²) in [7, 11) is 0. The largest absolute Gasteiger partial charge is 0.371 e. The third-order valence-electron chi connectivity index (χ3n) is 3.11. The topological polar surface area (TPSA) is 58.4 Å². The third-order valence-corrected chi connectivity index (χ3v) is 3.11. The van der Waals surface area contributed by atoms with Crippen molar-refractivity contribution in [2.24, 2.45) is 5.73 Å². The van der Waals surface area contributed by atoms with Gasteiger partial charge in [0.05, 0.1) is 0 Å². The quantitative estimate of drug-likeness (QED) is 0.897. The Bertz CT molecular complexity index is 421. The minimum absolute atomic E-state index is 0. The number of halogens is 2. The molecule has 0 saturated carbocycles. The molecule has 1 aliphatic rings. The second kappa shape index (κ2) is 9.06. The normalized spacial score (nSPS) is 15.0. The van der Waals surface area contributed by atoms with Gasteiger partial charge in [0.15, 0.2) is 0 Å². The van der Waals surface area contributed by atoms with Gasteiger partial charge in [-0.1, -0.05) is 6.07 Å². The molecular weight excluding hydrogens is 297 g/mol. The lowest BCUT2D eigenvalue weighted by atomic mass is 10.2. The lowest BCUT2D eigenvalue weighted by Crippen LogP contribution is -2.24. The van der Waals surface area contributed by atoms with Gasteiger partial charge in [-0.25, -0.2) is 0 Å². The average molecular weight is 320 g/mol.